The van der Waals surface area contributed by atoms with Crippen molar-refractivity contribution in [1.29, 1.82) is 0 Å². The molecule has 2 aliphatic rings. The quantitative estimate of drug-likeness (QED) is 0.403. The monoisotopic (exact) mass is 554 g/mol. The Balaban J connectivity index is 1.46. The smallest absolute Gasteiger partial charge is 0.381 e. The van der Waals surface area contributed by atoms with Crippen LogP contribution in [0, 0.1) is 17.8 Å². The van der Waals surface area contributed by atoms with E-state index in [1.54, 1.807) is 29.1 Å². The fourth-order valence-electron chi connectivity index (χ4n) is 5.93. The Bertz CT molecular complexity index is 1380. The first-order chi connectivity index (χ1) is 19.3. The van der Waals surface area contributed by atoms with Crippen LogP contribution in [-0.2, 0) is 13.1 Å². The van der Waals surface area contributed by atoms with Gasteiger partial charge in [0.15, 0.2) is 0 Å². The highest BCUT2D eigenvalue weighted by Gasteiger charge is 2.31. The molecule has 214 valence electrons. The van der Waals surface area contributed by atoms with E-state index in [1.807, 2.05) is 6.07 Å². The van der Waals surface area contributed by atoms with E-state index in [-0.39, 0.29) is 24.2 Å². The van der Waals surface area contributed by atoms with Gasteiger partial charge in [0.1, 0.15) is 6.54 Å². The highest BCUT2D eigenvalue weighted by molar-refractivity contribution is 5.94. The molecule has 3 aromatic rings. The van der Waals surface area contributed by atoms with Crippen molar-refractivity contribution in [2.45, 2.75) is 70.3 Å². The Kier molecular flexibility index (Phi) is 8.69. The number of fused-ring (bicyclic) bond motifs is 4. The molecule has 1 saturated heterocycles. The van der Waals surface area contributed by atoms with E-state index in [2.05, 4.69) is 39.5 Å². The number of nitrogens with zero attached hydrogens (tertiary/aromatic N) is 4. The number of alkyl halides is 3. The second-order valence-electron chi connectivity index (χ2n) is 11.1. The summed E-state index contributed by atoms with van der Waals surface area (Å²) in [6.45, 7) is 1.63. The van der Waals surface area contributed by atoms with Crippen LogP contribution in [-0.4, -0.2) is 64.1 Å². The second-order valence-corrected chi connectivity index (χ2v) is 11.1. The van der Waals surface area contributed by atoms with Crippen molar-refractivity contribution in [3.63, 3.8) is 0 Å². The number of aryl methyl sites for hydroxylation is 1. The molecule has 0 aliphatic carbocycles. The molecule has 4 heterocycles. The molecule has 0 spiro atoms. The lowest BCUT2D eigenvalue weighted by atomic mass is 9.87. The van der Waals surface area contributed by atoms with Gasteiger partial charge >= 0.3 is 6.18 Å². The summed E-state index contributed by atoms with van der Waals surface area (Å²) in [6, 6.07) is 7.46. The maximum absolute atomic E-state index is 13.6. The average molecular weight is 555 g/mol. The van der Waals surface area contributed by atoms with E-state index in [0.29, 0.717) is 17.0 Å². The van der Waals surface area contributed by atoms with Gasteiger partial charge in [-0.25, -0.2) is 0 Å². The molecule has 1 aromatic carbocycles. The molecule has 1 fully saturated rings. The molecule has 1 amide bonds. The Morgan fingerprint density at radius 1 is 1.10 bits per heavy atom. The van der Waals surface area contributed by atoms with Gasteiger partial charge in [0.2, 0.25) is 0 Å². The zero-order chi connectivity index (χ0) is 28.1. The topological polar surface area (TPSA) is 67.1 Å². The standard InChI is InChI=1S/C30H37F3N6O/c1-37-16-13-26-22(19-37)9-5-3-2-4-6-15-38-20-23(18-35-38)29(40)34-14-8-10-24-17-25-27(36-26)11-7-12-28(25)39(24)21-30(31,32)33/h7,11-12,17-18,20,22,26,36H,2-6,9,13-16,19,21H2,1H3,(H,34,40). The van der Waals surface area contributed by atoms with Crippen molar-refractivity contribution in [1.82, 2.24) is 24.6 Å². The molecule has 2 unspecified atom stereocenters. The summed E-state index contributed by atoms with van der Waals surface area (Å²) in [5.74, 6) is 5.89. The fraction of sp³-hybridized carbons (Fsp3) is 0.533. The molecule has 2 aromatic heterocycles. The summed E-state index contributed by atoms with van der Waals surface area (Å²) in [6.07, 6.45) is 6.55. The van der Waals surface area contributed by atoms with E-state index in [1.165, 1.54) is 10.8 Å². The molecule has 10 heteroatoms. The summed E-state index contributed by atoms with van der Waals surface area (Å²) in [4.78, 5) is 14.9. The molecule has 0 radical (unpaired) electrons. The number of hydrogen-bond acceptors (Lipinski definition) is 4. The Labute approximate surface area is 233 Å². The highest BCUT2D eigenvalue weighted by Crippen LogP contribution is 2.33. The van der Waals surface area contributed by atoms with Crippen LogP contribution in [0.1, 0.15) is 61.0 Å². The molecule has 40 heavy (non-hydrogen) atoms. The first-order valence-corrected chi connectivity index (χ1v) is 14.2. The number of carbonyl (C=O) groups excluding carboxylic acids is 1. The molecular weight excluding hydrogens is 517 g/mol. The van der Waals surface area contributed by atoms with Crippen molar-refractivity contribution >= 4 is 22.5 Å². The number of piperidine rings is 1. The van der Waals surface area contributed by atoms with Crippen LogP contribution in [0.5, 0.6) is 0 Å². The summed E-state index contributed by atoms with van der Waals surface area (Å²) >= 11 is 0. The third-order valence-corrected chi connectivity index (χ3v) is 7.97. The largest absolute Gasteiger partial charge is 0.406 e. The van der Waals surface area contributed by atoms with Gasteiger partial charge in [0, 0.05) is 36.4 Å². The summed E-state index contributed by atoms with van der Waals surface area (Å²) in [5.41, 5.74) is 2.04. The first-order valence-electron chi connectivity index (χ1n) is 14.2. The van der Waals surface area contributed by atoms with E-state index in [0.717, 1.165) is 75.7 Å². The van der Waals surface area contributed by atoms with Gasteiger partial charge < -0.3 is 20.1 Å². The van der Waals surface area contributed by atoms with Gasteiger partial charge in [-0.1, -0.05) is 37.7 Å². The van der Waals surface area contributed by atoms with Crippen molar-refractivity contribution in [2.75, 3.05) is 32.0 Å². The van der Waals surface area contributed by atoms with Crippen LogP contribution < -0.4 is 10.6 Å². The minimum absolute atomic E-state index is 0.0138. The van der Waals surface area contributed by atoms with Gasteiger partial charge in [0.25, 0.3) is 5.91 Å². The lowest BCUT2D eigenvalue weighted by molar-refractivity contribution is -0.140. The summed E-state index contributed by atoms with van der Waals surface area (Å²) in [5, 5.41) is 11.5. The number of halogens is 3. The number of hydrogen-bond donors (Lipinski definition) is 2. The summed E-state index contributed by atoms with van der Waals surface area (Å²) in [7, 11) is 2.16. The highest BCUT2D eigenvalue weighted by atomic mass is 19.4. The minimum atomic E-state index is -4.40. The van der Waals surface area contributed by atoms with Crippen LogP contribution in [0.2, 0.25) is 0 Å². The third kappa shape index (κ3) is 7.00. The number of anilines is 1. The molecule has 0 saturated carbocycles. The number of likely N-dealkylation sites (tertiary alicyclic amines) is 1. The zero-order valence-electron chi connectivity index (χ0n) is 22.9. The van der Waals surface area contributed by atoms with Crippen LogP contribution in [0.4, 0.5) is 18.9 Å². The number of nitrogens with one attached hydrogen (secondary N) is 2. The predicted octanol–water partition coefficient (Wildman–Crippen LogP) is 5.27. The van der Waals surface area contributed by atoms with Crippen LogP contribution in [0.3, 0.4) is 0 Å². The minimum Gasteiger partial charge on any atom is -0.381 e. The molecule has 2 N–H and O–H groups in total. The molecular formula is C30H37F3N6O. The van der Waals surface area contributed by atoms with Crippen molar-refractivity contribution in [3.05, 3.63) is 47.9 Å². The fourth-order valence-corrected chi connectivity index (χ4v) is 5.93. The molecule has 4 bridgehead atoms. The number of aromatic nitrogens is 3. The van der Waals surface area contributed by atoms with E-state index < -0.39 is 12.7 Å². The van der Waals surface area contributed by atoms with Gasteiger partial charge in [-0.05, 0) is 62.9 Å². The van der Waals surface area contributed by atoms with E-state index in [4.69, 9.17) is 0 Å². The predicted molar refractivity (Wildman–Crippen MR) is 150 cm³/mol. The zero-order valence-corrected chi connectivity index (χ0v) is 22.9. The molecule has 2 atom stereocenters. The van der Waals surface area contributed by atoms with Crippen molar-refractivity contribution in [2.24, 2.45) is 5.92 Å². The van der Waals surface area contributed by atoms with E-state index >= 15 is 0 Å². The number of amides is 1. The maximum Gasteiger partial charge on any atom is 0.406 e. The lowest BCUT2D eigenvalue weighted by Gasteiger charge is -2.38. The lowest BCUT2D eigenvalue weighted by Crippen LogP contribution is -2.44. The molecule has 7 nitrogen and oxygen atoms in total. The second kappa shape index (κ2) is 12.4. The summed E-state index contributed by atoms with van der Waals surface area (Å²) < 4.78 is 43.8. The van der Waals surface area contributed by atoms with Crippen molar-refractivity contribution in [3.8, 4) is 11.8 Å². The van der Waals surface area contributed by atoms with E-state index in [9.17, 15) is 18.0 Å². The van der Waals surface area contributed by atoms with Crippen LogP contribution in [0.15, 0.2) is 36.7 Å². The molecule has 2 aliphatic heterocycles. The number of carbonyl (C=O) groups is 1. The third-order valence-electron chi connectivity index (χ3n) is 7.97. The Morgan fingerprint density at radius 3 is 2.77 bits per heavy atom. The Morgan fingerprint density at radius 2 is 1.93 bits per heavy atom. The van der Waals surface area contributed by atoms with Gasteiger partial charge in [-0.2, -0.15) is 18.3 Å². The normalized spacial score (nSPS) is 21.9. The Hall–Kier alpha value is -3.45. The van der Waals surface area contributed by atoms with Crippen LogP contribution in [0.25, 0.3) is 10.9 Å². The van der Waals surface area contributed by atoms with Crippen molar-refractivity contribution < 1.29 is 18.0 Å². The van der Waals surface area contributed by atoms with Gasteiger partial charge in [0.05, 0.1) is 29.5 Å². The average Bonchev–Trinajstić information content (AvgIpc) is 3.52. The number of benzene rings is 1. The maximum atomic E-state index is 13.6. The SMILES string of the molecule is CN1CCC2Nc3cccc4c3cc(n4CC(F)(F)F)C#CCNC(=O)c3cnn(c3)CCCCCCCC2C1. The van der Waals surface area contributed by atoms with Gasteiger partial charge in [-0.15, -0.1) is 0 Å². The van der Waals surface area contributed by atoms with Gasteiger partial charge in [-0.3, -0.25) is 9.48 Å². The van der Waals surface area contributed by atoms with Crippen LogP contribution >= 0.6 is 0 Å². The number of rotatable bonds is 1. The first kappa shape index (κ1) is 28.1. The molecule has 5 rings (SSSR count).